The van der Waals surface area contributed by atoms with Gasteiger partial charge in [0, 0.05) is 6.42 Å². The summed E-state index contributed by atoms with van der Waals surface area (Å²) >= 11 is 0. The van der Waals surface area contributed by atoms with E-state index < -0.39 is 12.0 Å². The number of carboxylic acids is 1. The summed E-state index contributed by atoms with van der Waals surface area (Å²) in [6.45, 7) is -0.258. The molecule has 0 aliphatic carbocycles. The van der Waals surface area contributed by atoms with E-state index in [1.165, 1.54) is 0 Å². The number of rotatable bonds is 2. The van der Waals surface area contributed by atoms with E-state index in [4.69, 9.17) is 15.9 Å². The maximum absolute atomic E-state index is 10.0. The van der Waals surface area contributed by atoms with E-state index >= 15 is 0 Å². The van der Waals surface area contributed by atoms with Gasteiger partial charge >= 0.3 is 5.97 Å². The van der Waals surface area contributed by atoms with Gasteiger partial charge in [-0.15, -0.1) is 0 Å². The number of hydrogen-bond acceptors (Lipinski definition) is 3. The summed E-state index contributed by atoms with van der Waals surface area (Å²) in [5.74, 6) is 3.63. The van der Waals surface area contributed by atoms with Crippen LogP contribution in [0, 0.1) is 11.8 Å². The van der Waals surface area contributed by atoms with Gasteiger partial charge in [-0.1, -0.05) is 11.8 Å². The van der Waals surface area contributed by atoms with Crippen LogP contribution >= 0.6 is 0 Å². The van der Waals surface area contributed by atoms with Gasteiger partial charge in [0.25, 0.3) is 0 Å². The Bertz CT molecular complexity index is 168. The van der Waals surface area contributed by atoms with Gasteiger partial charge in [-0.05, 0) is 0 Å². The molecule has 0 fully saturated rings. The first-order valence-corrected chi connectivity index (χ1v) is 2.73. The highest BCUT2D eigenvalue weighted by Crippen LogP contribution is 1.83. The molecule has 0 heterocycles. The van der Waals surface area contributed by atoms with Crippen LogP contribution in [0.15, 0.2) is 0 Å². The summed E-state index contributed by atoms with van der Waals surface area (Å²) in [5.41, 5.74) is 5.07. The van der Waals surface area contributed by atoms with Gasteiger partial charge in [-0.2, -0.15) is 0 Å². The summed E-state index contributed by atoms with van der Waals surface area (Å²) in [4.78, 5) is 10.0. The second-order valence-corrected chi connectivity index (χ2v) is 1.66. The first-order valence-electron chi connectivity index (χ1n) is 2.73. The van der Waals surface area contributed by atoms with Crippen molar-refractivity contribution < 1.29 is 15.0 Å². The van der Waals surface area contributed by atoms with E-state index in [2.05, 4.69) is 11.8 Å². The Balaban J connectivity index is 3.58. The molecule has 56 valence electrons. The Kier molecular flexibility index (Phi) is 4.29. The highest BCUT2D eigenvalue weighted by Gasteiger charge is 2.07. The van der Waals surface area contributed by atoms with E-state index in [0.29, 0.717) is 0 Å². The van der Waals surface area contributed by atoms with Gasteiger partial charge < -0.3 is 15.9 Å². The molecule has 10 heavy (non-hydrogen) atoms. The first kappa shape index (κ1) is 8.95. The molecule has 0 aliphatic heterocycles. The van der Waals surface area contributed by atoms with Crippen LogP contribution in [0.1, 0.15) is 6.42 Å². The summed E-state index contributed by atoms with van der Waals surface area (Å²) in [7, 11) is 0. The molecule has 4 nitrogen and oxygen atoms in total. The zero-order valence-corrected chi connectivity index (χ0v) is 5.37. The van der Waals surface area contributed by atoms with Crippen LogP contribution in [0.2, 0.25) is 0 Å². The van der Waals surface area contributed by atoms with E-state index in [1.54, 1.807) is 0 Å². The molecule has 0 spiro atoms. The average Bonchev–Trinajstić information content (AvgIpc) is 1.88. The van der Waals surface area contributed by atoms with Crippen LogP contribution in [0.25, 0.3) is 0 Å². The third-order valence-corrected chi connectivity index (χ3v) is 0.843. The molecule has 1 atom stereocenters. The predicted molar refractivity (Wildman–Crippen MR) is 35.1 cm³/mol. The van der Waals surface area contributed by atoms with Crippen LogP contribution < -0.4 is 5.73 Å². The Morgan fingerprint density at radius 2 is 2.20 bits per heavy atom. The van der Waals surface area contributed by atoms with Gasteiger partial charge in [-0.25, -0.2) is 0 Å². The second kappa shape index (κ2) is 4.79. The second-order valence-electron chi connectivity index (χ2n) is 1.66. The number of aliphatic hydroxyl groups excluding tert-OH is 1. The van der Waals surface area contributed by atoms with E-state index in [0.717, 1.165) is 0 Å². The maximum Gasteiger partial charge on any atom is 0.321 e. The molecule has 0 bridgehead atoms. The van der Waals surface area contributed by atoms with Crippen molar-refractivity contribution in [2.45, 2.75) is 12.5 Å². The zero-order chi connectivity index (χ0) is 7.98. The summed E-state index contributed by atoms with van der Waals surface area (Å²) < 4.78 is 0. The summed E-state index contributed by atoms with van der Waals surface area (Å²) in [6.07, 6.45) is 0.0793. The van der Waals surface area contributed by atoms with E-state index in [1.807, 2.05) is 0 Å². The van der Waals surface area contributed by atoms with Gasteiger partial charge in [0.05, 0.1) is 0 Å². The quantitative estimate of drug-likeness (QED) is 0.423. The fourth-order valence-electron chi connectivity index (χ4n) is 0.325. The molecule has 4 heteroatoms. The molecule has 0 radical (unpaired) electrons. The van der Waals surface area contributed by atoms with Crippen LogP contribution in [-0.4, -0.2) is 28.8 Å². The smallest absolute Gasteiger partial charge is 0.321 e. The lowest BCUT2D eigenvalue weighted by Crippen LogP contribution is -2.29. The van der Waals surface area contributed by atoms with Gasteiger partial charge in [0.2, 0.25) is 0 Å². The van der Waals surface area contributed by atoms with Gasteiger partial charge in [0.1, 0.15) is 12.6 Å². The number of aliphatic carboxylic acids is 1. The molecule has 0 amide bonds. The number of carbonyl (C=O) groups is 1. The van der Waals surface area contributed by atoms with E-state index in [-0.39, 0.29) is 13.0 Å². The zero-order valence-electron chi connectivity index (χ0n) is 5.37. The maximum atomic E-state index is 10.0. The minimum absolute atomic E-state index is 0.0793. The SMILES string of the molecule is N[C@H](CC#CCO)C(=O)O. The van der Waals surface area contributed by atoms with E-state index in [9.17, 15) is 4.79 Å². The van der Waals surface area contributed by atoms with Crippen molar-refractivity contribution in [2.24, 2.45) is 5.73 Å². The third kappa shape index (κ3) is 3.89. The molecular weight excluding hydrogens is 134 g/mol. The molecule has 0 aromatic rings. The lowest BCUT2D eigenvalue weighted by molar-refractivity contribution is -0.138. The normalized spacial score (nSPS) is 11.4. The summed E-state index contributed by atoms with van der Waals surface area (Å²) in [5, 5.41) is 16.4. The molecule has 0 saturated carbocycles. The van der Waals surface area contributed by atoms with Crippen LogP contribution in [0.5, 0.6) is 0 Å². The number of aliphatic hydroxyl groups is 1. The molecule has 0 aliphatic rings. The Hall–Kier alpha value is -1.05. The van der Waals surface area contributed by atoms with Crippen molar-refractivity contribution in [3.05, 3.63) is 0 Å². The third-order valence-electron chi connectivity index (χ3n) is 0.843. The molecule has 0 aromatic heterocycles. The minimum Gasteiger partial charge on any atom is -0.480 e. The topological polar surface area (TPSA) is 83.5 Å². The Labute approximate surface area is 58.7 Å². The standard InChI is InChI=1S/C6H9NO3/c7-5(6(9)10)3-1-2-4-8/h5,8H,3-4,7H2,(H,9,10)/t5-/m1/s1. The fourth-order valence-corrected chi connectivity index (χ4v) is 0.325. The van der Waals surface area contributed by atoms with Crippen molar-refractivity contribution in [3.63, 3.8) is 0 Å². The molecule has 0 saturated heterocycles. The highest BCUT2D eigenvalue weighted by atomic mass is 16.4. The number of hydrogen-bond donors (Lipinski definition) is 3. The van der Waals surface area contributed by atoms with Crippen molar-refractivity contribution >= 4 is 5.97 Å². The largest absolute Gasteiger partial charge is 0.480 e. The van der Waals surface area contributed by atoms with Crippen LogP contribution in [-0.2, 0) is 4.79 Å². The van der Waals surface area contributed by atoms with Crippen LogP contribution in [0.4, 0.5) is 0 Å². The molecular formula is C6H9NO3. The lowest BCUT2D eigenvalue weighted by Gasteiger charge is -1.97. The Morgan fingerprint density at radius 1 is 1.60 bits per heavy atom. The highest BCUT2D eigenvalue weighted by molar-refractivity contribution is 5.73. The monoisotopic (exact) mass is 143 g/mol. The molecule has 4 N–H and O–H groups in total. The lowest BCUT2D eigenvalue weighted by atomic mass is 10.2. The average molecular weight is 143 g/mol. The first-order chi connectivity index (χ1) is 4.68. The predicted octanol–water partition coefficient (Wildman–Crippen LogP) is -1.22. The van der Waals surface area contributed by atoms with Crippen molar-refractivity contribution in [2.75, 3.05) is 6.61 Å². The number of carboxylic acid groups (broad SMARTS) is 1. The molecule has 0 unspecified atom stereocenters. The van der Waals surface area contributed by atoms with Crippen molar-refractivity contribution in [1.82, 2.24) is 0 Å². The number of nitrogens with two attached hydrogens (primary N) is 1. The minimum atomic E-state index is -1.08. The van der Waals surface area contributed by atoms with Crippen LogP contribution in [0.3, 0.4) is 0 Å². The molecule has 0 rings (SSSR count). The van der Waals surface area contributed by atoms with Gasteiger partial charge in [0.15, 0.2) is 0 Å². The van der Waals surface area contributed by atoms with Crippen molar-refractivity contribution in [1.29, 1.82) is 0 Å². The summed E-state index contributed by atoms with van der Waals surface area (Å²) in [6, 6.07) is -0.945. The Morgan fingerprint density at radius 3 is 2.60 bits per heavy atom. The fraction of sp³-hybridized carbons (Fsp3) is 0.500. The van der Waals surface area contributed by atoms with Gasteiger partial charge in [-0.3, -0.25) is 4.79 Å². The van der Waals surface area contributed by atoms with Crippen molar-refractivity contribution in [3.8, 4) is 11.8 Å². The molecule has 0 aromatic carbocycles.